The summed E-state index contributed by atoms with van der Waals surface area (Å²) in [5, 5.41) is 20.2. The lowest BCUT2D eigenvalue weighted by molar-refractivity contribution is -0.102. The van der Waals surface area contributed by atoms with Crippen molar-refractivity contribution in [3.8, 4) is 0 Å². The molecule has 2 aromatic carbocycles. The number of carbonyl (C=O) groups excluding carboxylic acids is 1. The van der Waals surface area contributed by atoms with Gasteiger partial charge >= 0.3 is 0 Å². The van der Waals surface area contributed by atoms with Crippen molar-refractivity contribution in [1.82, 2.24) is 0 Å². The zero-order valence-corrected chi connectivity index (χ0v) is 15.8. The Balaban J connectivity index is 1.73. The molecule has 3 rings (SSSR count). The number of rotatable bonds is 5. The van der Waals surface area contributed by atoms with Crippen LogP contribution in [0.25, 0.3) is 5.57 Å². The highest BCUT2D eigenvalue weighted by Crippen LogP contribution is 2.31. The first-order valence-corrected chi connectivity index (χ1v) is 8.90. The van der Waals surface area contributed by atoms with Gasteiger partial charge in [0.15, 0.2) is 5.78 Å². The number of carbonyl (C=O) groups is 1. The van der Waals surface area contributed by atoms with Crippen LogP contribution in [0.2, 0.25) is 0 Å². The summed E-state index contributed by atoms with van der Waals surface area (Å²) in [6, 6.07) is 15.3. The molecule has 0 bridgehead atoms. The van der Waals surface area contributed by atoms with Crippen LogP contribution >= 0.6 is 0 Å². The monoisotopic (exact) mass is 364 g/mol. The summed E-state index contributed by atoms with van der Waals surface area (Å²) in [5.74, 6) is -1.62. The van der Waals surface area contributed by atoms with E-state index in [0.29, 0.717) is 11.1 Å². The summed E-state index contributed by atoms with van der Waals surface area (Å²) in [5.41, 5.74) is 2.94. The molecule has 1 unspecified atom stereocenters. The Bertz CT molecular complexity index is 879. The van der Waals surface area contributed by atoms with E-state index in [2.05, 4.69) is 0 Å². The van der Waals surface area contributed by atoms with Gasteiger partial charge in [0.1, 0.15) is 5.60 Å². The molecule has 0 spiro atoms. The first-order valence-electron chi connectivity index (χ1n) is 8.90. The number of benzene rings is 2. The third-order valence-corrected chi connectivity index (χ3v) is 4.58. The van der Waals surface area contributed by atoms with Gasteiger partial charge in [0, 0.05) is 18.1 Å². The second kappa shape index (κ2) is 7.14. The molecule has 0 fully saturated rings. The third-order valence-electron chi connectivity index (χ3n) is 4.58. The van der Waals surface area contributed by atoms with E-state index in [9.17, 15) is 15.0 Å². The predicted octanol–water partition coefficient (Wildman–Crippen LogP) is 3.87. The molecule has 0 saturated carbocycles. The van der Waals surface area contributed by atoms with Gasteiger partial charge in [-0.15, -0.1) is 0 Å². The highest BCUT2D eigenvalue weighted by atomic mass is 16.6. The van der Waals surface area contributed by atoms with Gasteiger partial charge in [-0.2, -0.15) is 0 Å². The lowest BCUT2D eigenvalue weighted by atomic mass is 9.93. The van der Waals surface area contributed by atoms with Gasteiger partial charge in [0.05, 0.1) is 6.26 Å². The Kier molecular flexibility index (Phi) is 5.05. The molecule has 0 radical (unpaired) electrons. The SMILES string of the molecule is CC(C)(O)C(=O)c1ccc(Cc2ccc(C3=CC=COC3(C)O)cc2)cc1. The molecule has 0 amide bonds. The van der Waals surface area contributed by atoms with Crippen molar-refractivity contribution in [3.63, 3.8) is 0 Å². The van der Waals surface area contributed by atoms with Crippen LogP contribution in [0, 0.1) is 0 Å². The summed E-state index contributed by atoms with van der Waals surface area (Å²) in [6.45, 7) is 4.60. The average molecular weight is 364 g/mol. The standard InChI is InChI=1S/C23H24O4/c1-22(2,25)21(24)19-12-8-17(9-13-19)15-16-6-10-18(11-7-16)20-5-4-14-27-23(20,3)26/h4-14,25-26H,15H2,1-3H3. The maximum atomic E-state index is 12.1. The molecule has 2 N–H and O–H groups in total. The Morgan fingerprint density at radius 2 is 1.59 bits per heavy atom. The highest BCUT2D eigenvalue weighted by Gasteiger charge is 2.29. The molecule has 0 saturated heterocycles. The van der Waals surface area contributed by atoms with Gasteiger partial charge in [0.2, 0.25) is 5.79 Å². The molecule has 4 nitrogen and oxygen atoms in total. The second-order valence-corrected chi connectivity index (χ2v) is 7.47. The van der Waals surface area contributed by atoms with Crippen molar-refractivity contribution in [2.24, 2.45) is 0 Å². The molecule has 1 aliphatic heterocycles. The fourth-order valence-electron chi connectivity index (χ4n) is 3.05. The van der Waals surface area contributed by atoms with Crippen LogP contribution in [0.5, 0.6) is 0 Å². The largest absolute Gasteiger partial charge is 0.466 e. The van der Waals surface area contributed by atoms with E-state index in [-0.39, 0.29) is 5.78 Å². The van der Waals surface area contributed by atoms with Gasteiger partial charge in [-0.1, -0.05) is 48.5 Å². The summed E-state index contributed by atoms with van der Waals surface area (Å²) in [6.07, 6.45) is 5.81. The van der Waals surface area contributed by atoms with Crippen LogP contribution in [0.3, 0.4) is 0 Å². The molecule has 0 aliphatic carbocycles. The molecule has 27 heavy (non-hydrogen) atoms. The minimum absolute atomic E-state index is 0.289. The maximum Gasteiger partial charge on any atom is 0.231 e. The van der Waals surface area contributed by atoms with E-state index in [1.807, 2.05) is 42.5 Å². The minimum Gasteiger partial charge on any atom is -0.466 e. The number of hydrogen-bond acceptors (Lipinski definition) is 4. The molecular formula is C23H24O4. The normalized spacial score (nSPS) is 19.4. The Labute approximate surface area is 159 Å². The van der Waals surface area contributed by atoms with E-state index in [4.69, 9.17) is 4.74 Å². The number of aliphatic hydroxyl groups is 2. The van der Waals surface area contributed by atoms with E-state index < -0.39 is 11.4 Å². The number of ether oxygens (including phenoxy) is 1. The van der Waals surface area contributed by atoms with E-state index in [1.54, 1.807) is 25.1 Å². The van der Waals surface area contributed by atoms with Gasteiger partial charge in [-0.25, -0.2) is 0 Å². The third kappa shape index (κ3) is 4.35. The Hall–Kier alpha value is -2.69. The van der Waals surface area contributed by atoms with Gasteiger partial charge in [-0.3, -0.25) is 4.79 Å². The van der Waals surface area contributed by atoms with Gasteiger partial charge in [0.25, 0.3) is 0 Å². The number of ketones is 1. The van der Waals surface area contributed by atoms with E-state index in [1.165, 1.54) is 20.1 Å². The molecule has 1 aliphatic rings. The molecule has 0 aromatic heterocycles. The van der Waals surface area contributed by atoms with Crippen LogP contribution in [0.1, 0.15) is 47.8 Å². The summed E-state index contributed by atoms with van der Waals surface area (Å²) < 4.78 is 5.27. The molecular weight excluding hydrogens is 340 g/mol. The van der Waals surface area contributed by atoms with Crippen molar-refractivity contribution < 1.29 is 19.7 Å². The van der Waals surface area contributed by atoms with Crippen LogP contribution in [-0.2, 0) is 11.2 Å². The van der Waals surface area contributed by atoms with Crippen LogP contribution in [0.15, 0.2) is 66.9 Å². The predicted molar refractivity (Wildman–Crippen MR) is 105 cm³/mol. The van der Waals surface area contributed by atoms with Crippen molar-refractivity contribution >= 4 is 11.4 Å². The average Bonchev–Trinajstić information content (AvgIpc) is 2.61. The van der Waals surface area contributed by atoms with Crippen molar-refractivity contribution in [1.29, 1.82) is 0 Å². The molecule has 1 heterocycles. The number of hydrogen-bond donors (Lipinski definition) is 2. The summed E-state index contributed by atoms with van der Waals surface area (Å²) in [7, 11) is 0. The second-order valence-electron chi connectivity index (χ2n) is 7.47. The first kappa shape index (κ1) is 19.1. The van der Waals surface area contributed by atoms with Gasteiger partial charge in [-0.05, 0) is 49.1 Å². The van der Waals surface area contributed by atoms with Gasteiger partial charge < -0.3 is 14.9 Å². The van der Waals surface area contributed by atoms with E-state index >= 15 is 0 Å². The fraction of sp³-hybridized carbons (Fsp3) is 0.261. The fourth-order valence-corrected chi connectivity index (χ4v) is 3.05. The minimum atomic E-state index is -1.37. The lowest BCUT2D eigenvalue weighted by Gasteiger charge is -2.28. The van der Waals surface area contributed by atoms with Crippen LogP contribution in [0.4, 0.5) is 0 Å². The number of Topliss-reactive ketones (excluding diaryl/α,β-unsaturated/α-hetero) is 1. The number of allylic oxidation sites excluding steroid dienone is 2. The first-order chi connectivity index (χ1) is 12.7. The lowest BCUT2D eigenvalue weighted by Crippen LogP contribution is -2.31. The molecule has 140 valence electrons. The van der Waals surface area contributed by atoms with Crippen molar-refractivity contribution in [3.05, 3.63) is 89.2 Å². The summed E-state index contributed by atoms with van der Waals surface area (Å²) in [4.78, 5) is 12.1. The molecule has 2 aromatic rings. The van der Waals surface area contributed by atoms with Crippen molar-refractivity contribution in [2.75, 3.05) is 0 Å². The van der Waals surface area contributed by atoms with E-state index in [0.717, 1.165) is 23.1 Å². The maximum absolute atomic E-state index is 12.1. The Morgan fingerprint density at radius 1 is 1.04 bits per heavy atom. The quantitative estimate of drug-likeness (QED) is 0.791. The molecule has 1 atom stereocenters. The zero-order chi connectivity index (χ0) is 19.7. The molecule has 4 heteroatoms. The van der Waals surface area contributed by atoms with Crippen molar-refractivity contribution in [2.45, 2.75) is 38.6 Å². The highest BCUT2D eigenvalue weighted by molar-refractivity contribution is 6.01. The Morgan fingerprint density at radius 3 is 2.11 bits per heavy atom. The smallest absolute Gasteiger partial charge is 0.231 e. The zero-order valence-electron chi connectivity index (χ0n) is 15.8. The van der Waals surface area contributed by atoms with Crippen LogP contribution in [-0.4, -0.2) is 27.4 Å². The summed E-state index contributed by atoms with van der Waals surface area (Å²) >= 11 is 0. The van der Waals surface area contributed by atoms with Crippen LogP contribution < -0.4 is 0 Å². The topological polar surface area (TPSA) is 66.8 Å².